The van der Waals surface area contributed by atoms with Gasteiger partial charge in [-0.3, -0.25) is 60.9 Å². The smallest absolute Gasteiger partial charge is 0.417 e. The summed E-state index contributed by atoms with van der Waals surface area (Å²) in [6.07, 6.45) is 3.74. The lowest BCUT2D eigenvalue weighted by molar-refractivity contribution is -0.385. The summed E-state index contributed by atoms with van der Waals surface area (Å²) in [5, 5.41) is 27.6. The van der Waals surface area contributed by atoms with Gasteiger partial charge in [-0.2, -0.15) is 0 Å². The molecule has 594 valence electrons. The zero-order valence-electron chi connectivity index (χ0n) is 61.6. The molecule has 0 aliphatic carbocycles. The Morgan fingerprint density at radius 3 is 1.10 bits per heavy atom. The van der Waals surface area contributed by atoms with Crippen LogP contribution in [0.5, 0.6) is 80.5 Å². The van der Waals surface area contributed by atoms with Gasteiger partial charge in [0.1, 0.15) is 28.7 Å². The molecule has 0 spiro atoms. The van der Waals surface area contributed by atoms with Crippen molar-refractivity contribution in [2.24, 2.45) is 5.84 Å². The Bertz CT molecular complexity index is 5700. The number of carbonyl (C=O) groups excluding carboxylic acids is 5. The first-order chi connectivity index (χ1) is 55.9. The van der Waals surface area contributed by atoms with Crippen LogP contribution < -0.4 is 90.6 Å². The molecular formula is C80H66ClF3N12O20. The number of aromatic nitrogens is 3. The second kappa shape index (κ2) is 40.8. The number of hydrazine groups is 2. The zero-order valence-corrected chi connectivity index (χ0v) is 62.3. The lowest BCUT2D eigenvalue weighted by atomic mass is 10.2. The van der Waals surface area contributed by atoms with E-state index in [0.717, 1.165) is 12.1 Å². The van der Waals surface area contributed by atoms with Crippen LogP contribution in [0.1, 0.15) is 20.7 Å². The number of halogens is 4. The number of fused-ring (bicyclic) bond motifs is 3. The van der Waals surface area contributed by atoms with Crippen molar-refractivity contribution in [2.45, 2.75) is 0 Å². The fourth-order valence-electron chi connectivity index (χ4n) is 10.1. The van der Waals surface area contributed by atoms with E-state index in [1.165, 1.54) is 126 Å². The number of pyridine rings is 3. The number of nitrogens with zero attached hydrogens (tertiary/aromatic N) is 5. The van der Waals surface area contributed by atoms with Crippen molar-refractivity contribution in [1.82, 2.24) is 31.2 Å². The summed E-state index contributed by atoms with van der Waals surface area (Å²) in [7, 11) is 9.13. The van der Waals surface area contributed by atoms with Crippen molar-refractivity contribution in [2.75, 3.05) is 59.0 Å². The summed E-state index contributed by atoms with van der Waals surface area (Å²) < 4.78 is 102. The van der Waals surface area contributed by atoms with E-state index in [0.29, 0.717) is 101 Å². The molecule has 13 rings (SSSR count). The monoisotopic (exact) mass is 1610 g/mol. The number of hydrogen-bond acceptors (Lipinski definition) is 25. The Kier molecular flexibility index (Phi) is 29.6. The maximum Gasteiger partial charge on any atom is 0.417 e. The highest BCUT2D eigenvalue weighted by Crippen LogP contribution is 2.41. The number of anilines is 3. The number of nitrogens with two attached hydrogens (primary N) is 2. The lowest BCUT2D eigenvalue weighted by Crippen LogP contribution is -2.43. The number of carbonyl (C=O) groups is 5. The molecule has 32 nitrogen and oxygen atoms in total. The molecule has 0 fully saturated rings. The lowest BCUT2D eigenvalue weighted by Gasteiger charge is -2.13. The highest BCUT2D eigenvalue weighted by atomic mass is 35.5. The molecule has 0 unspecified atom stereocenters. The maximum absolute atomic E-state index is 14.8. The third-order valence-electron chi connectivity index (χ3n) is 15.6. The minimum Gasteiger partial charge on any atom is -0.493 e. The molecular weight excluding hydrogens is 1540 g/mol. The number of urea groups is 1. The van der Waals surface area contributed by atoms with Gasteiger partial charge in [0.25, 0.3) is 23.2 Å². The molecule has 0 aliphatic heterocycles. The van der Waals surface area contributed by atoms with E-state index in [1.54, 1.807) is 136 Å². The van der Waals surface area contributed by atoms with Crippen LogP contribution in [0, 0.1) is 37.7 Å². The van der Waals surface area contributed by atoms with Crippen LogP contribution in [0.25, 0.3) is 32.7 Å². The highest BCUT2D eigenvalue weighted by Gasteiger charge is 2.20. The van der Waals surface area contributed by atoms with Crippen molar-refractivity contribution >= 4 is 102 Å². The number of nitro groups is 2. The Morgan fingerprint density at radius 2 is 0.750 bits per heavy atom. The number of hydrogen-bond donors (Lipinski definition) is 7. The topological polar surface area (TPSA) is 424 Å². The van der Waals surface area contributed by atoms with Gasteiger partial charge >= 0.3 is 17.6 Å². The SMILES string of the molecule is COc1cc2nccc(Oc3ccc(N)cc3F)c2cc1OC.COc1cc2nccc(Oc3ccc(NC(=O)NNC(=O)c4ccccc4)cc3F)c2cc1OC.COc1cc2nccc(Oc3ccc(NC(=O)Oc4ccc([N+](=O)[O-])cc4)cc3F)c2cc1OC.NNC(=O)c1ccccc1.O=C(Cl)Oc1ccc([N+](=O)[O-])cc1. The van der Waals surface area contributed by atoms with Gasteiger partial charge in [-0.25, -0.2) is 38.8 Å². The minimum absolute atomic E-state index is 0.0596. The molecule has 0 atom stereocenters. The molecule has 0 saturated carbocycles. The molecule has 10 aromatic carbocycles. The van der Waals surface area contributed by atoms with Gasteiger partial charge in [0.2, 0.25) is 0 Å². The first-order valence-corrected chi connectivity index (χ1v) is 33.8. The van der Waals surface area contributed by atoms with Crippen LogP contribution in [0.2, 0.25) is 0 Å². The van der Waals surface area contributed by atoms with Gasteiger partial charge in [-0.15, -0.1) is 0 Å². The molecule has 36 heteroatoms. The Labute approximate surface area is 660 Å². The predicted molar refractivity (Wildman–Crippen MR) is 420 cm³/mol. The number of methoxy groups -OCH3 is 6. The molecule has 3 heterocycles. The standard InChI is InChI=1S/C25H21FN4O5.C24H18FN3O7.C17H15FN2O3.C7H4ClNO4.C7H8N2O/c1-33-22-13-17-19(14-23(22)34-2)27-11-10-20(17)35-21-9-8-16(12-18(21)26)28-25(32)30-29-24(31)15-6-4-3-5-7-15;1-32-22-12-17-19(13-23(22)33-2)26-10-9-20(17)35-21-8-3-14(11-18(21)25)27-24(29)34-16-6-4-15(5-7-16)28(30)31;1-21-16-8-11-13(9-17(16)22-2)20-6-5-14(11)23-15-4-3-10(19)7-12(15)18;8-7(10)13-6-3-1-5(2-4-6)9(11)12;8-9-7(10)6-4-2-1-3-5-6/h3-14H,1-2H3,(H,29,31)(H2,28,30,32);3-13H,1-2H3,(H,27,29);3-9H,19H2,1-2H3;1-4H;1-5H,8H2,(H,9,10). The van der Waals surface area contributed by atoms with Gasteiger partial charge in [-0.1, -0.05) is 36.4 Å². The van der Waals surface area contributed by atoms with Crippen LogP contribution in [-0.4, -0.2) is 96.8 Å². The minimum atomic E-state index is -0.978. The van der Waals surface area contributed by atoms with E-state index in [-0.39, 0.29) is 57.4 Å². The van der Waals surface area contributed by atoms with Crippen molar-refractivity contribution in [3.8, 4) is 80.5 Å². The van der Waals surface area contributed by atoms with Crippen LogP contribution >= 0.6 is 11.6 Å². The van der Waals surface area contributed by atoms with Gasteiger partial charge in [0.05, 0.1) is 69.1 Å². The molecule has 9 N–H and O–H groups in total. The number of ether oxygens (including phenoxy) is 11. The molecule has 13 aromatic rings. The molecule has 3 aromatic heterocycles. The number of nitrogen functional groups attached to an aromatic ring is 2. The first-order valence-electron chi connectivity index (χ1n) is 33.5. The molecule has 116 heavy (non-hydrogen) atoms. The normalized spacial score (nSPS) is 10.2. The van der Waals surface area contributed by atoms with Crippen LogP contribution in [0.4, 0.5) is 56.0 Å². The van der Waals surface area contributed by atoms with Gasteiger partial charge in [0.15, 0.2) is 69.2 Å². The van der Waals surface area contributed by atoms with Gasteiger partial charge in [0, 0.05) is 135 Å². The number of non-ortho nitro benzene ring substituents is 2. The Morgan fingerprint density at radius 1 is 0.397 bits per heavy atom. The Hall–Kier alpha value is -15.8. The molecule has 0 radical (unpaired) electrons. The van der Waals surface area contributed by atoms with Crippen molar-refractivity contribution in [3.05, 3.63) is 286 Å². The molecule has 5 amide bonds. The zero-order chi connectivity index (χ0) is 83.4. The first kappa shape index (κ1) is 84.2. The summed E-state index contributed by atoms with van der Waals surface area (Å²) in [4.78, 5) is 89.8. The van der Waals surface area contributed by atoms with Crippen molar-refractivity contribution in [3.63, 3.8) is 0 Å². The third-order valence-corrected chi connectivity index (χ3v) is 15.7. The van der Waals surface area contributed by atoms with Gasteiger partial charge in [-0.05, 0) is 121 Å². The van der Waals surface area contributed by atoms with E-state index >= 15 is 0 Å². The molecule has 0 saturated heterocycles. The molecule has 0 aliphatic rings. The maximum atomic E-state index is 14.8. The summed E-state index contributed by atoms with van der Waals surface area (Å²) in [6, 6.07) is 53.5. The van der Waals surface area contributed by atoms with E-state index < -0.39 is 50.8 Å². The Balaban J connectivity index is 0.000000177. The van der Waals surface area contributed by atoms with Crippen LogP contribution in [0.3, 0.4) is 0 Å². The second-order valence-electron chi connectivity index (χ2n) is 23.0. The fraction of sp³-hybridized carbons (Fsp3) is 0.0750. The number of rotatable bonds is 20. The number of nitrogens with one attached hydrogen (secondary N) is 5. The predicted octanol–water partition coefficient (Wildman–Crippen LogP) is 16.7. The highest BCUT2D eigenvalue weighted by molar-refractivity contribution is 6.61. The van der Waals surface area contributed by atoms with Crippen LogP contribution in [0.15, 0.2) is 237 Å². The fourth-order valence-corrected chi connectivity index (χ4v) is 10.2. The van der Waals surface area contributed by atoms with Crippen LogP contribution in [-0.2, 0) is 0 Å². The number of benzene rings is 10. The second-order valence-corrected chi connectivity index (χ2v) is 23.3. The molecule has 0 bridgehead atoms. The van der Waals surface area contributed by atoms with E-state index in [4.69, 9.17) is 70.5 Å². The van der Waals surface area contributed by atoms with E-state index in [9.17, 15) is 57.4 Å². The van der Waals surface area contributed by atoms with Crippen molar-refractivity contribution < 1.29 is 99.1 Å². The number of amides is 5. The van der Waals surface area contributed by atoms with E-state index in [2.05, 4.69) is 41.2 Å². The third kappa shape index (κ3) is 23.2. The number of nitro benzene ring substituents is 2. The summed E-state index contributed by atoms with van der Waals surface area (Å²) in [5.74, 6) is 6.57. The summed E-state index contributed by atoms with van der Waals surface area (Å²) in [5.41, 5.74) is 14.2. The van der Waals surface area contributed by atoms with Crippen molar-refractivity contribution in [1.29, 1.82) is 0 Å². The summed E-state index contributed by atoms with van der Waals surface area (Å²) in [6.45, 7) is 0. The average molecular weight is 1610 g/mol. The average Bonchev–Trinajstić information content (AvgIpc) is 0.800. The quantitative estimate of drug-likeness (QED) is 0.00930. The largest absolute Gasteiger partial charge is 0.493 e. The van der Waals surface area contributed by atoms with Gasteiger partial charge < -0.3 is 63.2 Å². The summed E-state index contributed by atoms with van der Waals surface area (Å²) >= 11 is 4.92. The van der Waals surface area contributed by atoms with E-state index in [1.807, 2.05) is 11.5 Å².